The van der Waals surface area contributed by atoms with E-state index >= 15 is 0 Å². The van der Waals surface area contributed by atoms with Gasteiger partial charge in [0.1, 0.15) is 6.61 Å². The largest absolute Gasteiger partial charge is 0.458 e. The van der Waals surface area contributed by atoms with Gasteiger partial charge in [-0.1, -0.05) is 6.92 Å². The van der Waals surface area contributed by atoms with Crippen LogP contribution in [0.2, 0.25) is 0 Å². The van der Waals surface area contributed by atoms with E-state index in [1.165, 1.54) is 0 Å². The topological polar surface area (TPSA) is 124 Å². The molecule has 0 aliphatic rings. The first-order valence-corrected chi connectivity index (χ1v) is 4.82. The molecule has 0 aliphatic heterocycles. The predicted molar refractivity (Wildman–Crippen MR) is 53.0 cm³/mol. The molecule has 0 unspecified atom stereocenters. The second kappa shape index (κ2) is 6.11. The van der Waals surface area contributed by atoms with Crippen LogP contribution in [0.25, 0.3) is 0 Å². The molecule has 8 heteroatoms. The Morgan fingerprint density at radius 3 is 2.06 bits per heavy atom. The summed E-state index contributed by atoms with van der Waals surface area (Å²) in [7, 11) is 0. The molecule has 0 aromatic carbocycles. The van der Waals surface area contributed by atoms with Gasteiger partial charge in [0.2, 0.25) is 0 Å². The fraction of sp³-hybridized carbons (Fsp3) is 0.875. The number of ketones is 1. The maximum absolute atomic E-state index is 10.8. The summed E-state index contributed by atoms with van der Waals surface area (Å²) in [5.41, 5.74) is -2.31. The molecule has 0 bridgehead atoms. The van der Waals surface area contributed by atoms with Gasteiger partial charge >= 0.3 is 5.66 Å². The van der Waals surface area contributed by atoms with Gasteiger partial charge in [-0.3, -0.25) is 25.0 Å². The summed E-state index contributed by atoms with van der Waals surface area (Å²) in [4.78, 5) is 30.4. The van der Waals surface area contributed by atoms with E-state index < -0.39 is 34.3 Å². The monoisotopic (exact) mass is 234 g/mol. The molecule has 0 heterocycles. The molecule has 0 aliphatic carbocycles. The summed E-state index contributed by atoms with van der Waals surface area (Å²) < 4.78 is 0. The highest BCUT2D eigenvalue weighted by Crippen LogP contribution is 2.24. The predicted octanol–water partition coefficient (Wildman–Crippen LogP) is 0.378. The van der Waals surface area contributed by atoms with Crippen LogP contribution in [0, 0.1) is 20.2 Å². The van der Waals surface area contributed by atoms with E-state index in [-0.39, 0.29) is 19.3 Å². The fourth-order valence-corrected chi connectivity index (χ4v) is 1.38. The van der Waals surface area contributed by atoms with Crippen molar-refractivity contribution in [1.82, 2.24) is 0 Å². The molecule has 0 rings (SSSR count). The average molecular weight is 234 g/mol. The zero-order chi connectivity index (χ0) is 12.8. The van der Waals surface area contributed by atoms with E-state index in [1.54, 1.807) is 6.92 Å². The van der Waals surface area contributed by atoms with Crippen molar-refractivity contribution >= 4 is 5.78 Å². The highest BCUT2D eigenvalue weighted by Gasteiger charge is 2.54. The lowest BCUT2D eigenvalue weighted by Crippen LogP contribution is -2.46. The van der Waals surface area contributed by atoms with Gasteiger partial charge in [0.05, 0.1) is 22.7 Å². The summed E-state index contributed by atoms with van der Waals surface area (Å²) in [5.74, 6) is -0.635. The van der Waals surface area contributed by atoms with Gasteiger partial charge in [0.25, 0.3) is 0 Å². The van der Waals surface area contributed by atoms with Crippen molar-refractivity contribution in [2.24, 2.45) is 0 Å². The Morgan fingerprint density at radius 2 is 1.75 bits per heavy atom. The fourth-order valence-electron chi connectivity index (χ4n) is 1.38. The van der Waals surface area contributed by atoms with Crippen molar-refractivity contribution in [3.05, 3.63) is 20.2 Å². The second-order valence-electron chi connectivity index (χ2n) is 3.44. The standard InChI is InChI=1S/C8H14N2O6/c1-2-4-8(9(13)14,10(15)16)5-3-7(12)6-11/h11H,2-6H2,1H3. The maximum atomic E-state index is 10.8. The summed E-state index contributed by atoms with van der Waals surface area (Å²) in [5, 5.41) is 29.9. The lowest BCUT2D eigenvalue weighted by molar-refractivity contribution is -0.798. The molecule has 0 aromatic rings. The van der Waals surface area contributed by atoms with E-state index in [0.29, 0.717) is 0 Å². The summed E-state index contributed by atoms with van der Waals surface area (Å²) in [6.45, 7) is 0.841. The number of aliphatic hydroxyl groups excluding tert-OH is 1. The molecule has 0 saturated heterocycles. The normalized spacial score (nSPS) is 11.1. The van der Waals surface area contributed by atoms with Gasteiger partial charge in [0, 0.05) is 6.42 Å². The number of aliphatic hydroxyl groups is 1. The molecule has 16 heavy (non-hydrogen) atoms. The third-order valence-corrected chi connectivity index (χ3v) is 2.31. The molecule has 0 aromatic heterocycles. The van der Waals surface area contributed by atoms with Crippen molar-refractivity contribution in [2.45, 2.75) is 38.3 Å². The van der Waals surface area contributed by atoms with Crippen LogP contribution >= 0.6 is 0 Å². The van der Waals surface area contributed by atoms with Crippen molar-refractivity contribution < 1.29 is 19.7 Å². The van der Waals surface area contributed by atoms with Crippen LogP contribution < -0.4 is 0 Å². The highest BCUT2D eigenvalue weighted by atomic mass is 16.7. The Balaban J connectivity index is 4.83. The Hall–Kier alpha value is -1.57. The zero-order valence-corrected chi connectivity index (χ0v) is 8.92. The Morgan fingerprint density at radius 1 is 1.25 bits per heavy atom. The molecular weight excluding hydrogens is 220 g/mol. The van der Waals surface area contributed by atoms with E-state index in [2.05, 4.69) is 0 Å². The Labute approximate surface area is 91.6 Å². The van der Waals surface area contributed by atoms with Gasteiger partial charge in [-0.25, -0.2) is 0 Å². The van der Waals surface area contributed by atoms with Crippen LogP contribution in [0.1, 0.15) is 32.6 Å². The minimum atomic E-state index is -2.31. The number of nitro groups is 2. The zero-order valence-electron chi connectivity index (χ0n) is 8.92. The molecule has 0 spiro atoms. The molecule has 0 saturated carbocycles. The summed E-state index contributed by atoms with van der Waals surface area (Å²) in [6, 6.07) is 0. The number of rotatable bonds is 8. The smallest absolute Gasteiger partial charge is 0.389 e. The van der Waals surface area contributed by atoms with Crippen molar-refractivity contribution in [3.8, 4) is 0 Å². The van der Waals surface area contributed by atoms with Crippen LogP contribution in [-0.2, 0) is 4.79 Å². The van der Waals surface area contributed by atoms with Crippen LogP contribution in [0.4, 0.5) is 0 Å². The number of Topliss-reactive ketones (excluding diaryl/α,β-unsaturated/α-hetero) is 1. The van der Waals surface area contributed by atoms with Gasteiger partial charge in [-0.05, 0) is 6.42 Å². The molecule has 92 valence electrons. The minimum Gasteiger partial charge on any atom is -0.389 e. The number of hydrogen-bond acceptors (Lipinski definition) is 6. The van der Waals surface area contributed by atoms with Gasteiger partial charge in [-0.15, -0.1) is 0 Å². The van der Waals surface area contributed by atoms with E-state index in [4.69, 9.17) is 5.11 Å². The van der Waals surface area contributed by atoms with Gasteiger partial charge in [0.15, 0.2) is 5.78 Å². The maximum Gasteiger partial charge on any atom is 0.458 e. The van der Waals surface area contributed by atoms with Gasteiger partial charge in [-0.2, -0.15) is 0 Å². The molecule has 1 N–H and O–H groups in total. The van der Waals surface area contributed by atoms with Crippen molar-refractivity contribution in [3.63, 3.8) is 0 Å². The molecule has 0 amide bonds. The average Bonchev–Trinajstić information content (AvgIpc) is 2.22. The van der Waals surface area contributed by atoms with Crippen LogP contribution in [0.5, 0.6) is 0 Å². The van der Waals surface area contributed by atoms with Crippen molar-refractivity contribution in [2.75, 3.05) is 6.61 Å². The second-order valence-corrected chi connectivity index (χ2v) is 3.44. The first-order valence-electron chi connectivity index (χ1n) is 4.82. The lowest BCUT2D eigenvalue weighted by Gasteiger charge is -2.15. The summed E-state index contributed by atoms with van der Waals surface area (Å²) in [6.07, 6.45) is -0.806. The number of hydrogen-bond donors (Lipinski definition) is 1. The number of carbonyl (C=O) groups excluding carboxylic acids is 1. The highest BCUT2D eigenvalue weighted by molar-refractivity contribution is 5.79. The third-order valence-electron chi connectivity index (χ3n) is 2.31. The molecular formula is C8H14N2O6. The quantitative estimate of drug-likeness (QED) is 0.367. The first kappa shape index (κ1) is 14.4. The van der Waals surface area contributed by atoms with E-state index in [9.17, 15) is 25.0 Å². The lowest BCUT2D eigenvalue weighted by atomic mass is 9.98. The minimum absolute atomic E-state index is 0.230. The molecule has 0 radical (unpaired) electrons. The van der Waals surface area contributed by atoms with Crippen LogP contribution in [0.15, 0.2) is 0 Å². The van der Waals surface area contributed by atoms with E-state index in [0.717, 1.165) is 0 Å². The van der Waals surface area contributed by atoms with E-state index in [1.807, 2.05) is 0 Å². The Kier molecular flexibility index (Phi) is 5.51. The third kappa shape index (κ3) is 3.23. The molecule has 0 atom stereocenters. The van der Waals surface area contributed by atoms with Crippen molar-refractivity contribution in [1.29, 1.82) is 0 Å². The SMILES string of the molecule is CCCC(CCC(=O)CO)([N+](=O)[O-])[N+](=O)[O-]. The summed E-state index contributed by atoms with van der Waals surface area (Å²) >= 11 is 0. The van der Waals surface area contributed by atoms with Crippen LogP contribution in [-0.4, -0.2) is 33.0 Å². The molecule has 0 fully saturated rings. The Bertz CT molecular complexity index is 276. The first-order chi connectivity index (χ1) is 7.40. The van der Waals surface area contributed by atoms with Crippen LogP contribution in [0.3, 0.4) is 0 Å². The molecule has 8 nitrogen and oxygen atoms in total. The number of carbonyl (C=O) groups is 1. The van der Waals surface area contributed by atoms with Gasteiger partial charge < -0.3 is 5.11 Å². The number of nitrogens with zero attached hydrogens (tertiary/aromatic N) is 2.